The van der Waals surface area contributed by atoms with Crippen LogP contribution in [-0.4, -0.2) is 36.7 Å². The lowest BCUT2D eigenvalue weighted by atomic mass is 9.90. The molecule has 3 heteroatoms. The van der Waals surface area contributed by atoms with E-state index in [1.807, 2.05) is 6.07 Å². The number of piperazine rings is 1. The number of nitrogens with one attached hydrogen (secondary N) is 1. The summed E-state index contributed by atoms with van der Waals surface area (Å²) < 4.78 is 5.36. The van der Waals surface area contributed by atoms with E-state index in [0.717, 1.165) is 31.3 Å². The minimum Gasteiger partial charge on any atom is -0.497 e. The van der Waals surface area contributed by atoms with E-state index in [2.05, 4.69) is 42.3 Å². The van der Waals surface area contributed by atoms with Crippen LogP contribution in [0.15, 0.2) is 24.3 Å². The average molecular weight is 288 g/mol. The van der Waals surface area contributed by atoms with Crippen LogP contribution in [0.25, 0.3) is 0 Å². The van der Waals surface area contributed by atoms with Crippen LogP contribution < -0.4 is 10.1 Å². The summed E-state index contributed by atoms with van der Waals surface area (Å²) in [6.45, 7) is 8.01. The molecule has 3 nitrogen and oxygen atoms in total. The van der Waals surface area contributed by atoms with Gasteiger partial charge in [0.05, 0.1) is 7.11 Å². The van der Waals surface area contributed by atoms with Gasteiger partial charge >= 0.3 is 0 Å². The Bertz CT molecular complexity index is 486. The zero-order valence-corrected chi connectivity index (χ0v) is 13.6. The zero-order valence-electron chi connectivity index (χ0n) is 13.6. The molecule has 0 aromatic heterocycles. The SMILES string of the molecule is CCC1CNC(C)(C2CC2)CN1Cc1cccc(OC)c1. The fraction of sp³-hybridized carbons (Fsp3) is 0.667. The van der Waals surface area contributed by atoms with Gasteiger partial charge in [-0.05, 0) is 49.8 Å². The molecule has 0 bridgehead atoms. The Morgan fingerprint density at radius 1 is 1.38 bits per heavy atom. The molecule has 0 spiro atoms. The van der Waals surface area contributed by atoms with Gasteiger partial charge in [-0.2, -0.15) is 0 Å². The van der Waals surface area contributed by atoms with Crippen LogP contribution in [0.2, 0.25) is 0 Å². The van der Waals surface area contributed by atoms with Gasteiger partial charge in [0.2, 0.25) is 0 Å². The molecular formula is C18H28N2O. The first-order valence-electron chi connectivity index (χ1n) is 8.26. The van der Waals surface area contributed by atoms with Crippen LogP contribution in [0.4, 0.5) is 0 Å². The summed E-state index contributed by atoms with van der Waals surface area (Å²) in [5.74, 6) is 1.84. The molecule has 2 unspecified atom stereocenters. The van der Waals surface area contributed by atoms with Crippen LogP contribution in [0.1, 0.15) is 38.7 Å². The third-order valence-corrected chi connectivity index (χ3v) is 5.26. The normalized spacial score (nSPS) is 30.3. The van der Waals surface area contributed by atoms with Crippen LogP contribution in [0.5, 0.6) is 5.75 Å². The van der Waals surface area contributed by atoms with E-state index in [4.69, 9.17) is 4.74 Å². The van der Waals surface area contributed by atoms with Crippen molar-refractivity contribution >= 4 is 0 Å². The van der Waals surface area contributed by atoms with Gasteiger partial charge in [-0.15, -0.1) is 0 Å². The second-order valence-corrected chi connectivity index (χ2v) is 6.89. The molecule has 1 heterocycles. The second kappa shape index (κ2) is 5.98. The van der Waals surface area contributed by atoms with E-state index in [-0.39, 0.29) is 0 Å². The molecule has 1 saturated carbocycles. The lowest BCUT2D eigenvalue weighted by Crippen LogP contribution is -2.63. The lowest BCUT2D eigenvalue weighted by Gasteiger charge is -2.46. The predicted octanol–water partition coefficient (Wildman–Crippen LogP) is 3.05. The summed E-state index contributed by atoms with van der Waals surface area (Å²) in [6, 6.07) is 9.14. The van der Waals surface area contributed by atoms with Crippen molar-refractivity contribution in [2.75, 3.05) is 20.2 Å². The maximum absolute atomic E-state index is 5.36. The highest BCUT2D eigenvalue weighted by Crippen LogP contribution is 2.41. The highest BCUT2D eigenvalue weighted by Gasteiger charge is 2.45. The Morgan fingerprint density at radius 3 is 2.86 bits per heavy atom. The summed E-state index contributed by atoms with van der Waals surface area (Å²) in [5.41, 5.74) is 1.66. The largest absolute Gasteiger partial charge is 0.497 e. The maximum atomic E-state index is 5.36. The van der Waals surface area contributed by atoms with Crippen LogP contribution >= 0.6 is 0 Å². The van der Waals surface area contributed by atoms with Crippen molar-refractivity contribution in [3.63, 3.8) is 0 Å². The number of hydrogen-bond acceptors (Lipinski definition) is 3. The molecular weight excluding hydrogens is 260 g/mol. The van der Waals surface area contributed by atoms with E-state index in [0.29, 0.717) is 11.6 Å². The molecule has 1 saturated heterocycles. The summed E-state index contributed by atoms with van der Waals surface area (Å²) in [6.07, 6.45) is 4.00. The summed E-state index contributed by atoms with van der Waals surface area (Å²) >= 11 is 0. The quantitative estimate of drug-likeness (QED) is 0.901. The number of benzene rings is 1. The molecule has 0 radical (unpaired) electrons. The lowest BCUT2D eigenvalue weighted by molar-refractivity contribution is 0.0665. The number of ether oxygens (including phenoxy) is 1. The first-order chi connectivity index (χ1) is 10.1. The number of rotatable bonds is 5. The molecule has 0 amide bonds. The summed E-state index contributed by atoms with van der Waals surface area (Å²) in [4.78, 5) is 2.67. The maximum Gasteiger partial charge on any atom is 0.119 e. The molecule has 1 aliphatic carbocycles. The molecule has 21 heavy (non-hydrogen) atoms. The van der Waals surface area contributed by atoms with E-state index in [9.17, 15) is 0 Å². The highest BCUT2D eigenvalue weighted by molar-refractivity contribution is 5.28. The van der Waals surface area contributed by atoms with Crippen molar-refractivity contribution in [1.29, 1.82) is 0 Å². The minimum absolute atomic E-state index is 0.310. The topological polar surface area (TPSA) is 24.5 Å². The average Bonchev–Trinajstić information content (AvgIpc) is 3.33. The van der Waals surface area contributed by atoms with Gasteiger partial charge in [-0.1, -0.05) is 19.1 Å². The standard InChI is InChI=1S/C18H28N2O/c1-4-16-11-19-18(2,15-8-9-15)13-20(16)12-14-6-5-7-17(10-14)21-3/h5-7,10,15-16,19H,4,8-9,11-13H2,1-3H3. The molecule has 2 fully saturated rings. The van der Waals surface area contributed by atoms with Gasteiger partial charge in [0.25, 0.3) is 0 Å². The Kier molecular flexibility index (Phi) is 4.23. The first kappa shape index (κ1) is 14.9. The monoisotopic (exact) mass is 288 g/mol. The van der Waals surface area contributed by atoms with E-state index >= 15 is 0 Å². The van der Waals surface area contributed by atoms with Gasteiger partial charge in [-0.3, -0.25) is 4.90 Å². The third kappa shape index (κ3) is 3.24. The van der Waals surface area contributed by atoms with E-state index < -0.39 is 0 Å². The molecule has 2 aliphatic rings. The van der Waals surface area contributed by atoms with Gasteiger partial charge in [0.1, 0.15) is 5.75 Å². The zero-order chi connectivity index (χ0) is 14.9. The minimum atomic E-state index is 0.310. The predicted molar refractivity (Wildman–Crippen MR) is 86.6 cm³/mol. The van der Waals surface area contributed by atoms with Crippen LogP contribution in [0, 0.1) is 5.92 Å². The molecule has 1 aromatic carbocycles. The fourth-order valence-corrected chi connectivity index (χ4v) is 3.67. The highest BCUT2D eigenvalue weighted by atomic mass is 16.5. The van der Waals surface area contributed by atoms with Gasteiger partial charge in [0.15, 0.2) is 0 Å². The number of hydrogen-bond donors (Lipinski definition) is 1. The van der Waals surface area contributed by atoms with Crippen LogP contribution in [0.3, 0.4) is 0 Å². The van der Waals surface area contributed by atoms with Gasteiger partial charge in [-0.25, -0.2) is 0 Å². The third-order valence-electron chi connectivity index (χ3n) is 5.26. The smallest absolute Gasteiger partial charge is 0.119 e. The number of methoxy groups -OCH3 is 1. The Morgan fingerprint density at radius 2 is 2.19 bits per heavy atom. The Balaban J connectivity index is 1.73. The van der Waals surface area contributed by atoms with E-state index in [1.165, 1.54) is 24.8 Å². The van der Waals surface area contributed by atoms with Gasteiger partial charge in [0, 0.05) is 31.2 Å². The fourth-order valence-electron chi connectivity index (χ4n) is 3.67. The molecule has 1 N–H and O–H groups in total. The molecule has 3 rings (SSSR count). The first-order valence-corrected chi connectivity index (χ1v) is 8.26. The van der Waals surface area contributed by atoms with Gasteiger partial charge < -0.3 is 10.1 Å². The van der Waals surface area contributed by atoms with Crippen molar-refractivity contribution in [1.82, 2.24) is 10.2 Å². The summed E-state index contributed by atoms with van der Waals surface area (Å²) in [5, 5.41) is 3.83. The summed E-state index contributed by atoms with van der Waals surface area (Å²) in [7, 11) is 1.74. The van der Waals surface area contributed by atoms with E-state index in [1.54, 1.807) is 7.11 Å². The van der Waals surface area contributed by atoms with Crippen LogP contribution in [-0.2, 0) is 6.54 Å². The number of nitrogens with zero attached hydrogens (tertiary/aromatic N) is 1. The Labute approximate surface area is 128 Å². The van der Waals surface area contributed by atoms with Crippen molar-refractivity contribution in [2.45, 2.75) is 51.2 Å². The van der Waals surface area contributed by atoms with Crippen molar-refractivity contribution in [3.8, 4) is 5.75 Å². The molecule has 1 aromatic rings. The van der Waals surface area contributed by atoms with Crippen molar-refractivity contribution in [3.05, 3.63) is 29.8 Å². The van der Waals surface area contributed by atoms with Crippen molar-refractivity contribution in [2.24, 2.45) is 5.92 Å². The molecule has 1 aliphatic heterocycles. The Hall–Kier alpha value is -1.06. The van der Waals surface area contributed by atoms with Crippen molar-refractivity contribution < 1.29 is 4.74 Å². The molecule has 2 atom stereocenters. The molecule has 116 valence electrons. The second-order valence-electron chi connectivity index (χ2n) is 6.89.